The maximum absolute atomic E-state index is 5.72. The molecule has 1 N–H and O–H groups in total. The maximum atomic E-state index is 5.72. The van der Waals surface area contributed by atoms with Crippen LogP contribution in [0.2, 0.25) is 0 Å². The molecule has 5 rings (SSSR count). The lowest BCUT2D eigenvalue weighted by Crippen LogP contribution is -2.44. The molecule has 1 fully saturated rings. The van der Waals surface area contributed by atoms with Crippen LogP contribution in [0.3, 0.4) is 0 Å². The van der Waals surface area contributed by atoms with Gasteiger partial charge in [-0.1, -0.05) is 0 Å². The van der Waals surface area contributed by atoms with E-state index in [1.165, 1.54) is 0 Å². The number of methoxy groups -OCH3 is 2. The minimum Gasteiger partial charge on any atom is -0.495 e. The van der Waals surface area contributed by atoms with Gasteiger partial charge in [0.15, 0.2) is 11.6 Å². The van der Waals surface area contributed by atoms with E-state index in [1.807, 2.05) is 42.0 Å². The highest BCUT2D eigenvalue weighted by molar-refractivity contribution is 5.89. The Labute approximate surface area is 210 Å². The molecule has 0 spiro atoms. The number of hydrogen-bond donors (Lipinski definition) is 1. The number of piperidine rings is 1. The van der Waals surface area contributed by atoms with Gasteiger partial charge in [-0.2, -0.15) is 0 Å². The smallest absolute Gasteiger partial charge is 0.227 e. The van der Waals surface area contributed by atoms with E-state index in [2.05, 4.69) is 39.2 Å². The summed E-state index contributed by atoms with van der Waals surface area (Å²) in [7, 11) is 3.43. The van der Waals surface area contributed by atoms with Crippen LogP contribution in [0.15, 0.2) is 36.8 Å². The number of nitrogens with zero attached hydrogens (tertiary/aromatic N) is 7. The molecule has 0 saturated carbocycles. The molecule has 1 aliphatic rings. The van der Waals surface area contributed by atoms with Crippen molar-refractivity contribution in [2.75, 3.05) is 37.5 Å². The average molecular weight is 489 g/mol. The molecule has 0 aliphatic carbocycles. The Morgan fingerprint density at radius 2 is 1.92 bits per heavy atom. The first-order valence-electron chi connectivity index (χ1n) is 12.2. The van der Waals surface area contributed by atoms with Crippen molar-refractivity contribution in [3.8, 4) is 17.1 Å². The summed E-state index contributed by atoms with van der Waals surface area (Å²) >= 11 is 0. The van der Waals surface area contributed by atoms with Gasteiger partial charge in [0.05, 0.1) is 18.4 Å². The lowest BCUT2D eigenvalue weighted by atomic mass is 9.93. The van der Waals surface area contributed by atoms with E-state index in [0.717, 1.165) is 72.0 Å². The highest BCUT2D eigenvalue weighted by Crippen LogP contribution is 2.34. The first-order valence-corrected chi connectivity index (χ1v) is 12.2. The standard InChI is InChI=1S/C26H32N8O2/c1-6-33-16-28-32-23(33)18-7-8-20(21(14-18)35-4)30-25-27-15-19-13-17(2)29-24(22(19)31-25)34-11-9-26(3,36-5)10-12-34/h7-8,13-16H,6,9-12H2,1-5H3,(H,27,30,31). The van der Waals surface area contributed by atoms with Crippen LogP contribution in [0, 0.1) is 6.92 Å². The fourth-order valence-electron chi connectivity index (χ4n) is 4.59. The molecule has 10 nitrogen and oxygen atoms in total. The van der Waals surface area contributed by atoms with Gasteiger partial charge in [-0.3, -0.25) is 0 Å². The highest BCUT2D eigenvalue weighted by atomic mass is 16.5. The van der Waals surface area contributed by atoms with Gasteiger partial charge < -0.3 is 24.3 Å². The van der Waals surface area contributed by atoms with E-state index >= 15 is 0 Å². The Balaban J connectivity index is 1.46. The van der Waals surface area contributed by atoms with Crippen molar-refractivity contribution in [1.29, 1.82) is 0 Å². The number of fused-ring (bicyclic) bond motifs is 1. The monoisotopic (exact) mass is 488 g/mol. The van der Waals surface area contributed by atoms with Crippen molar-refractivity contribution in [3.05, 3.63) is 42.5 Å². The number of nitrogens with one attached hydrogen (secondary N) is 1. The zero-order valence-corrected chi connectivity index (χ0v) is 21.4. The van der Waals surface area contributed by atoms with Gasteiger partial charge in [0.2, 0.25) is 5.95 Å². The molecule has 1 aliphatic heterocycles. The van der Waals surface area contributed by atoms with Gasteiger partial charge in [-0.15, -0.1) is 10.2 Å². The molecular formula is C26H32N8O2. The Morgan fingerprint density at radius 1 is 1.11 bits per heavy atom. The zero-order chi connectivity index (χ0) is 25.3. The van der Waals surface area contributed by atoms with Crippen LogP contribution in [0.1, 0.15) is 32.4 Å². The maximum Gasteiger partial charge on any atom is 0.227 e. The third-order valence-corrected chi connectivity index (χ3v) is 6.95. The lowest BCUT2D eigenvalue weighted by Gasteiger charge is -2.39. The Morgan fingerprint density at radius 3 is 2.64 bits per heavy atom. The largest absolute Gasteiger partial charge is 0.495 e. The summed E-state index contributed by atoms with van der Waals surface area (Å²) in [6.07, 6.45) is 5.44. The minimum atomic E-state index is -0.0924. The zero-order valence-electron chi connectivity index (χ0n) is 21.4. The highest BCUT2D eigenvalue weighted by Gasteiger charge is 2.31. The second-order valence-corrected chi connectivity index (χ2v) is 9.34. The van der Waals surface area contributed by atoms with Crippen LogP contribution in [0.5, 0.6) is 5.75 Å². The number of anilines is 3. The minimum absolute atomic E-state index is 0.0924. The molecule has 188 valence electrons. The Hall–Kier alpha value is -3.79. The molecule has 0 bridgehead atoms. The van der Waals surface area contributed by atoms with Crippen molar-refractivity contribution in [2.24, 2.45) is 0 Å². The van der Waals surface area contributed by atoms with Gasteiger partial charge in [-0.25, -0.2) is 15.0 Å². The fraction of sp³-hybridized carbons (Fsp3) is 0.423. The van der Waals surface area contributed by atoms with E-state index < -0.39 is 0 Å². The molecule has 1 aromatic carbocycles. The molecule has 1 saturated heterocycles. The predicted molar refractivity (Wildman–Crippen MR) is 140 cm³/mol. The van der Waals surface area contributed by atoms with E-state index in [0.29, 0.717) is 11.7 Å². The number of hydrogen-bond acceptors (Lipinski definition) is 9. The van der Waals surface area contributed by atoms with Gasteiger partial charge in [0.1, 0.15) is 17.6 Å². The number of ether oxygens (including phenoxy) is 2. The topological polar surface area (TPSA) is 103 Å². The van der Waals surface area contributed by atoms with Crippen LogP contribution in [-0.4, -0.2) is 62.6 Å². The predicted octanol–water partition coefficient (Wildman–Crippen LogP) is 4.37. The van der Waals surface area contributed by atoms with Crippen molar-refractivity contribution in [3.63, 3.8) is 0 Å². The molecule has 36 heavy (non-hydrogen) atoms. The average Bonchev–Trinajstić information content (AvgIpc) is 3.38. The number of rotatable bonds is 7. The van der Waals surface area contributed by atoms with E-state index in [4.69, 9.17) is 19.4 Å². The number of benzene rings is 1. The molecule has 0 unspecified atom stereocenters. The van der Waals surface area contributed by atoms with Crippen LogP contribution in [-0.2, 0) is 11.3 Å². The Bertz CT molecular complexity index is 1380. The second kappa shape index (κ2) is 9.69. The molecule has 0 amide bonds. The molecule has 4 aromatic rings. The van der Waals surface area contributed by atoms with Gasteiger partial charge in [-0.05, 0) is 57.9 Å². The van der Waals surface area contributed by atoms with Crippen LogP contribution < -0.4 is 15.0 Å². The van der Waals surface area contributed by atoms with E-state index in [9.17, 15) is 0 Å². The van der Waals surface area contributed by atoms with Gasteiger partial charge in [0.25, 0.3) is 0 Å². The van der Waals surface area contributed by atoms with Crippen LogP contribution >= 0.6 is 0 Å². The second-order valence-electron chi connectivity index (χ2n) is 9.34. The summed E-state index contributed by atoms with van der Waals surface area (Å²) in [4.78, 5) is 16.6. The molecule has 3 aromatic heterocycles. The normalized spacial score (nSPS) is 15.3. The third-order valence-electron chi connectivity index (χ3n) is 6.95. The number of aryl methyl sites for hydroxylation is 2. The summed E-state index contributed by atoms with van der Waals surface area (Å²) in [6, 6.07) is 7.89. The van der Waals surface area contributed by atoms with E-state index in [1.54, 1.807) is 20.5 Å². The summed E-state index contributed by atoms with van der Waals surface area (Å²) in [5.41, 5.74) is 3.36. The number of pyridine rings is 1. The summed E-state index contributed by atoms with van der Waals surface area (Å²) in [5, 5.41) is 12.6. The van der Waals surface area contributed by atoms with Crippen molar-refractivity contribution in [2.45, 2.75) is 45.8 Å². The molecule has 10 heteroatoms. The quantitative estimate of drug-likeness (QED) is 0.406. The summed E-state index contributed by atoms with van der Waals surface area (Å²) in [6.45, 7) is 8.74. The molecule has 0 radical (unpaired) electrons. The Kier molecular flexibility index (Phi) is 6.44. The SMILES string of the molecule is CCn1cnnc1-c1ccc(Nc2ncc3cc(C)nc(N4CCC(C)(OC)CC4)c3n2)c(OC)c1. The van der Waals surface area contributed by atoms with Crippen LogP contribution in [0.4, 0.5) is 17.5 Å². The van der Waals surface area contributed by atoms with Crippen molar-refractivity contribution in [1.82, 2.24) is 29.7 Å². The molecule has 4 heterocycles. The van der Waals surface area contributed by atoms with Crippen molar-refractivity contribution < 1.29 is 9.47 Å². The molecule has 0 atom stereocenters. The number of aromatic nitrogens is 6. The van der Waals surface area contributed by atoms with Gasteiger partial charge >= 0.3 is 0 Å². The first-order chi connectivity index (χ1) is 17.4. The lowest BCUT2D eigenvalue weighted by molar-refractivity contribution is -0.0133. The summed E-state index contributed by atoms with van der Waals surface area (Å²) < 4.78 is 13.4. The summed E-state index contributed by atoms with van der Waals surface area (Å²) in [5.74, 6) is 2.83. The van der Waals surface area contributed by atoms with Crippen LogP contribution in [0.25, 0.3) is 22.3 Å². The fourth-order valence-corrected chi connectivity index (χ4v) is 4.59. The van der Waals surface area contributed by atoms with E-state index in [-0.39, 0.29) is 5.60 Å². The molecular weight excluding hydrogens is 456 g/mol. The third kappa shape index (κ3) is 4.56. The van der Waals surface area contributed by atoms with Crippen molar-refractivity contribution >= 4 is 28.4 Å². The first kappa shape index (κ1) is 23.9. The van der Waals surface area contributed by atoms with Gasteiger partial charge in [0, 0.05) is 49.6 Å².